The molecule has 1 aliphatic heterocycles. The van der Waals surface area contributed by atoms with Crippen molar-refractivity contribution in [2.75, 3.05) is 0 Å². The second kappa shape index (κ2) is 6.61. The fraction of sp³-hybridized carbons (Fsp3) is 0.0476. The van der Waals surface area contributed by atoms with Gasteiger partial charge in [0, 0.05) is 16.9 Å². The molecule has 4 nitrogen and oxygen atoms in total. The summed E-state index contributed by atoms with van der Waals surface area (Å²) in [6, 6.07) is 22.4. The zero-order valence-corrected chi connectivity index (χ0v) is 15.0. The van der Waals surface area contributed by atoms with Crippen LogP contribution in [0.15, 0.2) is 72.4 Å². The third-order valence-electron chi connectivity index (χ3n) is 4.30. The van der Waals surface area contributed by atoms with E-state index in [1.165, 1.54) is 0 Å². The molecule has 1 aliphatic rings. The second-order valence-corrected chi connectivity index (χ2v) is 6.50. The maximum atomic E-state index is 12.1. The van der Waals surface area contributed by atoms with Crippen LogP contribution in [-0.4, -0.2) is 15.6 Å². The number of carbonyl (C=O) groups excluding carboxylic acids is 1. The van der Waals surface area contributed by atoms with Gasteiger partial charge in [0.15, 0.2) is 5.11 Å². The number of thiocarbonyl (C=S) groups is 1. The lowest BCUT2D eigenvalue weighted by Gasteiger charge is -2.13. The van der Waals surface area contributed by atoms with Crippen molar-refractivity contribution in [1.82, 2.24) is 15.2 Å². The highest BCUT2D eigenvalue weighted by Gasteiger charge is 2.22. The van der Waals surface area contributed by atoms with Gasteiger partial charge in [-0.3, -0.25) is 10.1 Å². The number of benzene rings is 2. The quantitative estimate of drug-likeness (QED) is 0.552. The Hall–Kier alpha value is -3.18. The van der Waals surface area contributed by atoms with Gasteiger partial charge in [-0.1, -0.05) is 48.5 Å². The minimum Gasteiger partial charge on any atom is -0.328 e. The number of rotatable bonds is 3. The van der Waals surface area contributed by atoms with E-state index in [4.69, 9.17) is 12.2 Å². The van der Waals surface area contributed by atoms with Crippen LogP contribution in [0.1, 0.15) is 11.3 Å². The van der Waals surface area contributed by atoms with Crippen molar-refractivity contribution in [3.8, 4) is 16.9 Å². The number of carbonyl (C=O) groups is 1. The third-order valence-corrected chi connectivity index (χ3v) is 4.50. The van der Waals surface area contributed by atoms with Gasteiger partial charge in [0.25, 0.3) is 5.91 Å². The standard InChI is InChI=1S/C21H17N3OS/c1-14-12-16(13-18-20(25)23-21(26)22-18)19(15-8-4-2-5-9-15)24(14)17-10-6-3-7-11-17/h2-13H,1H3,(H2,22,23,25,26)/b18-13-. The summed E-state index contributed by atoms with van der Waals surface area (Å²) in [5.41, 5.74) is 5.69. The number of nitrogens with zero attached hydrogens (tertiary/aromatic N) is 1. The van der Waals surface area contributed by atoms with Gasteiger partial charge in [0.1, 0.15) is 5.70 Å². The van der Waals surface area contributed by atoms with Crippen LogP contribution in [0, 0.1) is 6.92 Å². The van der Waals surface area contributed by atoms with Crippen LogP contribution in [0.25, 0.3) is 23.0 Å². The Bertz CT molecular complexity index is 1020. The highest BCUT2D eigenvalue weighted by Crippen LogP contribution is 2.32. The Morgan fingerprint density at radius 2 is 1.62 bits per heavy atom. The van der Waals surface area contributed by atoms with E-state index in [9.17, 15) is 4.79 Å². The number of hydrogen-bond donors (Lipinski definition) is 2. The first-order valence-corrected chi connectivity index (χ1v) is 8.71. The average molecular weight is 359 g/mol. The summed E-state index contributed by atoms with van der Waals surface area (Å²) < 4.78 is 2.20. The molecule has 1 saturated heterocycles. The first-order chi connectivity index (χ1) is 12.6. The van der Waals surface area contributed by atoms with E-state index in [1.807, 2.05) is 42.5 Å². The molecule has 0 atom stereocenters. The lowest BCUT2D eigenvalue weighted by Crippen LogP contribution is -2.21. The Balaban J connectivity index is 1.94. The average Bonchev–Trinajstić information content (AvgIpc) is 3.15. The molecule has 26 heavy (non-hydrogen) atoms. The Labute approximate surface area is 157 Å². The van der Waals surface area contributed by atoms with Gasteiger partial charge >= 0.3 is 0 Å². The van der Waals surface area contributed by atoms with Crippen molar-refractivity contribution in [2.24, 2.45) is 0 Å². The summed E-state index contributed by atoms with van der Waals surface area (Å²) in [6.45, 7) is 2.06. The number of nitrogens with one attached hydrogen (secondary N) is 2. The van der Waals surface area contributed by atoms with Gasteiger partial charge in [0.05, 0.1) is 5.69 Å². The fourth-order valence-electron chi connectivity index (χ4n) is 3.21. The van der Waals surface area contributed by atoms with Crippen molar-refractivity contribution in [3.63, 3.8) is 0 Å². The maximum Gasteiger partial charge on any atom is 0.273 e. The van der Waals surface area contributed by atoms with Crippen molar-refractivity contribution in [1.29, 1.82) is 0 Å². The molecule has 0 saturated carbocycles. The smallest absolute Gasteiger partial charge is 0.273 e. The molecule has 2 heterocycles. The molecule has 5 heteroatoms. The van der Waals surface area contributed by atoms with Crippen LogP contribution < -0.4 is 10.6 Å². The first-order valence-electron chi connectivity index (χ1n) is 8.31. The van der Waals surface area contributed by atoms with Crippen LogP contribution in [0.2, 0.25) is 0 Å². The topological polar surface area (TPSA) is 46.1 Å². The molecule has 2 N–H and O–H groups in total. The summed E-state index contributed by atoms with van der Waals surface area (Å²) in [6.07, 6.45) is 1.85. The summed E-state index contributed by atoms with van der Waals surface area (Å²) in [4.78, 5) is 12.1. The van der Waals surface area contributed by atoms with E-state index in [-0.39, 0.29) is 5.91 Å². The molecule has 0 unspecified atom stereocenters. The normalized spacial score (nSPS) is 15.2. The number of hydrogen-bond acceptors (Lipinski definition) is 2. The van der Waals surface area contributed by atoms with Gasteiger partial charge in [-0.2, -0.15) is 0 Å². The molecule has 2 aromatic carbocycles. The summed E-state index contributed by atoms with van der Waals surface area (Å²) in [5, 5.41) is 5.86. The lowest BCUT2D eigenvalue weighted by molar-refractivity contribution is -0.115. The molecule has 0 radical (unpaired) electrons. The van der Waals surface area contributed by atoms with Gasteiger partial charge in [-0.25, -0.2) is 0 Å². The summed E-state index contributed by atoms with van der Waals surface area (Å²) in [5.74, 6) is -0.209. The maximum absolute atomic E-state index is 12.1. The van der Waals surface area contributed by atoms with Gasteiger partial charge in [-0.05, 0) is 49.0 Å². The van der Waals surface area contributed by atoms with E-state index in [2.05, 4.69) is 52.5 Å². The van der Waals surface area contributed by atoms with Crippen LogP contribution in [0.3, 0.4) is 0 Å². The Morgan fingerprint density at radius 1 is 0.962 bits per heavy atom. The van der Waals surface area contributed by atoms with Crippen LogP contribution in [-0.2, 0) is 4.79 Å². The molecule has 3 aromatic rings. The second-order valence-electron chi connectivity index (χ2n) is 6.09. The van der Waals surface area contributed by atoms with E-state index in [0.29, 0.717) is 10.8 Å². The predicted octanol–water partition coefficient (Wildman–Crippen LogP) is 3.80. The monoisotopic (exact) mass is 359 g/mol. The summed E-state index contributed by atoms with van der Waals surface area (Å²) in [7, 11) is 0. The first kappa shape index (κ1) is 16.3. The predicted molar refractivity (Wildman–Crippen MR) is 108 cm³/mol. The molecular formula is C21H17N3OS. The highest BCUT2D eigenvalue weighted by atomic mass is 32.1. The van der Waals surface area contributed by atoms with E-state index < -0.39 is 0 Å². The molecule has 0 bridgehead atoms. The number of para-hydroxylation sites is 1. The van der Waals surface area contributed by atoms with E-state index in [0.717, 1.165) is 28.2 Å². The van der Waals surface area contributed by atoms with Crippen molar-refractivity contribution < 1.29 is 4.79 Å². The largest absolute Gasteiger partial charge is 0.328 e. The van der Waals surface area contributed by atoms with Crippen LogP contribution in [0.4, 0.5) is 0 Å². The van der Waals surface area contributed by atoms with Crippen LogP contribution >= 0.6 is 12.2 Å². The molecule has 0 spiro atoms. The molecule has 1 aromatic heterocycles. The lowest BCUT2D eigenvalue weighted by atomic mass is 10.1. The molecule has 1 fully saturated rings. The molecule has 0 aliphatic carbocycles. The van der Waals surface area contributed by atoms with Crippen molar-refractivity contribution in [2.45, 2.75) is 6.92 Å². The number of aromatic nitrogens is 1. The van der Waals surface area contributed by atoms with Gasteiger partial charge in [-0.15, -0.1) is 0 Å². The zero-order valence-electron chi connectivity index (χ0n) is 14.2. The third kappa shape index (κ3) is 2.93. The minimum absolute atomic E-state index is 0.209. The minimum atomic E-state index is -0.209. The molecular weight excluding hydrogens is 342 g/mol. The van der Waals surface area contributed by atoms with Crippen molar-refractivity contribution >= 4 is 29.3 Å². The van der Waals surface area contributed by atoms with Gasteiger partial charge in [0.2, 0.25) is 0 Å². The molecule has 4 rings (SSSR count). The number of amides is 1. The Morgan fingerprint density at radius 3 is 2.23 bits per heavy atom. The summed E-state index contributed by atoms with van der Waals surface area (Å²) >= 11 is 5.03. The van der Waals surface area contributed by atoms with Crippen molar-refractivity contribution in [3.05, 3.63) is 83.7 Å². The zero-order chi connectivity index (χ0) is 18.1. The number of aryl methyl sites for hydroxylation is 1. The van der Waals surface area contributed by atoms with Gasteiger partial charge < -0.3 is 9.88 Å². The Kier molecular flexibility index (Phi) is 4.14. The molecule has 128 valence electrons. The highest BCUT2D eigenvalue weighted by molar-refractivity contribution is 7.80. The van der Waals surface area contributed by atoms with E-state index in [1.54, 1.807) is 0 Å². The van der Waals surface area contributed by atoms with Crippen LogP contribution in [0.5, 0.6) is 0 Å². The molecule has 1 amide bonds. The fourth-order valence-corrected chi connectivity index (χ4v) is 3.42. The SMILES string of the molecule is Cc1cc(/C=C2\NC(=S)NC2=O)c(-c2ccccc2)n1-c1ccccc1. The van der Waals surface area contributed by atoms with E-state index >= 15 is 0 Å².